The van der Waals surface area contributed by atoms with Gasteiger partial charge < -0.3 is 4.74 Å². The molecule has 0 aliphatic rings. The molecule has 5 nitrogen and oxygen atoms in total. The Morgan fingerprint density at radius 2 is 2.17 bits per heavy atom. The third-order valence-corrected chi connectivity index (χ3v) is 4.70. The van der Waals surface area contributed by atoms with Crippen molar-refractivity contribution in [3.05, 3.63) is 44.9 Å². The summed E-state index contributed by atoms with van der Waals surface area (Å²) in [5.41, 5.74) is 1.42. The van der Waals surface area contributed by atoms with Crippen molar-refractivity contribution in [2.75, 3.05) is 11.9 Å². The van der Waals surface area contributed by atoms with Crippen molar-refractivity contribution < 1.29 is 14.3 Å². The molecule has 0 radical (unpaired) electrons. The molecule has 126 valence electrons. The standard InChI is InChI=1S/C17H17BrN2O3S/c1-4-23-14-7-6-13(18)9-12(14)5-8-15(22)20-17-19-10(2)16(24-17)11(3)21/h5-9H,4H2,1-3H3,(H,19,20,22)/b8-5+. The number of aryl methyl sites for hydroxylation is 1. The third-order valence-electron chi connectivity index (χ3n) is 3.03. The highest BCUT2D eigenvalue weighted by Gasteiger charge is 2.12. The van der Waals surface area contributed by atoms with Gasteiger partial charge in [-0.2, -0.15) is 0 Å². The fourth-order valence-corrected chi connectivity index (χ4v) is 3.27. The van der Waals surface area contributed by atoms with Crippen LogP contribution in [0.3, 0.4) is 0 Å². The van der Waals surface area contributed by atoms with Gasteiger partial charge in [-0.05, 0) is 38.1 Å². The van der Waals surface area contributed by atoms with Crippen LogP contribution >= 0.6 is 27.3 Å². The first kappa shape index (κ1) is 18.4. The van der Waals surface area contributed by atoms with E-state index >= 15 is 0 Å². The van der Waals surface area contributed by atoms with Crippen molar-refractivity contribution in [3.8, 4) is 5.75 Å². The number of aromatic nitrogens is 1. The molecular weight excluding hydrogens is 392 g/mol. The summed E-state index contributed by atoms with van der Waals surface area (Å²) < 4.78 is 6.43. The van der Waals surface area contributed by atoms with E-state index in [2.05, 4.69) is 26.2 Å². The van der Waals surface area contributed by atoms with E-state index in [1.165, 1.54) is 24.3 Å². The van der Waals surface area contributed by atoms with Gasteiger partial charge in [0.15, 0.2) is 10.9 Å². The van der Waals surface area contributed by atoms with Crippen LogP contribution in [0.5, 0.6) is 5.75 Å². The molecule has 0 atom stereocenters. The van der Waals surface area contributed by atoms with Gasteiger partial charge in [0, 0.05) is 23.0 Å². The van der Waals surface area contributed by atoms with E-state index in [0.29, 0.717) is 28.1 Å². The van der Waals surface area contributed by atoms with E-state index in [9.17, 15) is 9.59 Å². The summed E-state index contributed by atoms with van der Waals surface area (Å²) in [6.45, 7) is 5.67. The molecule has 0 spiro atoms. The minimum atomic E-state index is -0.318. The van der Waals surface area contributed by atoms with E-state index in [1.54, 1.807) is 13.0 Å². The van der Waals surface area contributed by atoms with Crippen LogP contribution in [0, 0.1) is 6.92 Å². The lowest BCUT2D eigenvalue weighted by Crippen LogP contribution is -2.07. The monoisotopic (exact) mass is 408 g/mol. The van der Waals surface area contributed by atoms with Crippen molar-refractivity contribution in [1.29, 1.82) is 0 Å². The van der Waals surface area contributed by atoms with Crippen LogP contribution in [-0.2, 0) is 4.79 Å². The van der Waals surface area contributed by atoms with Gasteiger partial charge >= 0.3 is 0 Å². The molecule has 1 aromatic carbocycles. The number of hydrogen-bond donors (Lipinski definition) is 1. The first-order valence-electron chi connectivity index (χ1n) is 7.30. The van der Waals surface area contributed by atoms with E-state index in [0.717, 1.165) is 10.0 Å². The number of hydrogen-bond acceptors (Lipinski definition) is 5. The van der Waals surface area contributed by atoms with Crippen molar-refractivity contribution in [3.63, 3.8) is 0 Å². The molecule has 1 heterocycles. The molecule has 24 heavy (non-hydrogen) atoms. The van der Waals surface area contributed by atoms with Crippen LogP contribution in [0.2, 0.25) is 0 Å². The number of nitrogens with zero attached hydrogens (tertiary/aromatic N) is 1. The van der Waals surface area contributed by atoms with Crippen LogP contribution in [0.25, 0.3) is 6.08 Å². The molecule has 0 saturated carbocycles. The van der Waals surface area contributed by atoms with E-state index in [4.69, 9.17) is 4.74 Å². The number of carbonyl (C=O) groups is 2. The summed E-state index contributed by atoms with van der Waals surface area (Å²) in [6, 6.07) is 5.59. The highest BCUT2D eigenvalue weighted by molar-refractivity contribution is 9.10. The Hall–Kier alpha value is -1.99. The zero-order valence-corrected chi connectivity index (χ0v) is 16.0. The Morgan fingerprint density at radius 1 is 1.42 bits per heavy atom. The number of nitrogens with one attached hydrogen (secondary N) is 1. The number of anilines is 1. The lowest BCUT2D eigenvalue weighted by Gasteiger charge is -2.07. The Labute approximate surface area is 152 Å². The van der Waals surface area contributed by atoms with Crippen molar-refractivity contribution >= 4 is 50.2 Å². The summed E-state index contributed by atoms with van der Waals surface area (Å²) in [6.07, 6.45) is 3.09. The van der Waals surface area contributed by atoms with Gasteiger partial charge in [-0.1, -0.05) is 27.3 Å². The first-order chi connectivity index (χ1) is 11.4. The summed E-state index contributed by atoms with van der Waals surface area (Å²) in [4.78, 5) is 28.2. The summed E-state index contributed by atoms with van der Waals surface area (Å²) in [5.74, 6) is 0.325. The fourth-order valence-electron chi connectivity index (χ4n) is 2.03. The predicted octanol–water partition coefficient (Wildman–Crippen LogP) is 4.47. The summed E-state index contributed by atoms with van der Waals surface area (Å²) in [5, 5.41) is 3.08. The molecule has 1 amide bonds. The van der Waals surface area contributed by atoms with Gasteiger partial charge in [0.1, 0.15) is 5.75 Å². The first-order valence-corrected chi connectivity index (χ1v) is 8.91. The molecule has 0 fully saturated rings. The molecular formula is C17H17BrN2O3S. The number of rotatable bonds is 6. The molecule has 2 rings (SSSR count). The zero-order chi connectivity index (χ0) is 17.7. The fraction of sp³-hybridized carbons (Fsp3) is 0.235. The second kappa shape index (κ2) is 8.21. The van der Waals surface area contributed by atoms with Gasteiger partial charge in [-0.3, -0.25) is 14.9 Å². The molecule has 2 aromatic rings. The molecule has 7 heteroatoms. The second-order valence-electron chi connectivity index (χ2n) is 4.93. The quantitative estimate of drug-likeness (QED) is 0.565. The van der Waals surface area contributed by atoms with Crippen molar-refractivity contribution in [1.82, 2.24) is 4.98 Å². The topological polar surface area (TPSA) is 68.3 Å². The molecule has 0 bridgehead atoms. The average Bonchev–Trinajstić information content (AvgIpc) is 2.88. The maximum Gasteiger partial charge on any atom is 0.250 e. The molecule has 0 unspecified atom stereocenters. The summed E-state index contributed by atoms with van der Waals surface area (Å²) in [7, 11) is 0. The summed E-state index contributed by atoms with van der Waals surface area (Å²) >= 11 is 4.57. The van der Waals surface area contributed by atoms with Crippen LogP contribution in [0.4, 0.5) is 5.13 Å². The number of ketones is 1. The van der Waals surface area contributed by atoms with Crippen LogP contribution in [0.1, 0.15) is 34.8 Å². The smallest absolute Gasteiger partial charge is 0.250 e. The van der Waals surface area contributed by atoms with E-state index in [-0.39, 0.29) is 11.7 Å². The van der Waals surface area contributed by atoms with E-state index in [1.807, 2.05) is 25.1 Å². The normalized spacial score (nSPS) is 10.8. The predicted molar refractivity (Wildman–Crippen MR) is 99.8 cm³/mol. The molecule has 0 saturated heterocycles. The maximum atomic E-state index is 12.1. The SMILES string of the molecule is CCOc1ccc(Br)cc1/C=C/C(=O)Nc1nc(C)c(C(C)=O)s1. The number of carbonyl (C=O) groups excluding carboxylic acids is 2. The number of amides is 1. The molecule has 1 N–H and O–H groups in total. The Balaban J connectivity index is 2.12. The highest BCUT2D eigenvalue weighted by Crippen LogP contribution is 2.25. The number of ether oxygens (including phenoxy) is 1. The minimum absolute atomic E-state index is 0.0588. The minimum Gasteiger partial charge on any atom is -0.493 e. The van der Waals surface area contributed by atoms with Crippen LogP contribution in [-0.4, -0.2) is 23.3 Å². The third kappa shape index (κ3) is 4.75. The van der Waals surface area contributed by atoms with Gasteiger partial charge in [0.25, 0.3) is 0 Å². The van der Waals surface area contributed by atoms with Crippen molar-refractivity contribution in [2.24, 2.45) is 0 Å². The van der Waals surface area contributed by atoms with E-state index < -0.39 is 0 Å². The molecule has 0 aliphatic carbocycles. The highest BCUT2D eigenvalue weighted by atomic mass is 79.9. The average molecular weight is 409 g/mol. The van der Waals surface area contributed by atoms with Crippen molar-refractivity contribution in [2.45, 2.75) is 20.8 Å². The van der Waals surface area contributed by atoms with Gasteiger partial charge in [0.05, 0.1) is 17.2 Å². The largest absolute Gasteiger partial charge is 0.493 e. The number of benzene rings is 1. The maximum absolute atomic E-state index is 12.1. The van der Waals surface area contributed by atoms with Gasteiger partial charge in [0.2, 0.25) is 5.91 Å². The lowest BCUT2D eigenvalue weighted by atomic mass is 10.2. The number of halogens is 1. The number of thiazole rings is 1. The zero-order valence-electron chi connectivity index (χ0n) is 13.6. The Bertz CT molecular complexity index is 799. The van der Waals surface area contributed by atoms with Crippen LogP contribution < -0.4 is 10.1 Å². The molecule has 1 aromatic heterocycles. The van der Waals surface area contributed by atoms with Gasteiger partial charge in [-0.25, -0.2) is 4.98 Å². The molecule has 0 aliphatic heterocycles. The van der Waals surface area contributed by atoms with Gasteiger partial charge in [-0.15, -0.1) is 0 Å². The van der Waals surface area contributed by atoms with Crippen LogP contribution in [0.15, 0.2) is 28.7 Å². The number of Topliss-reactive ketones (excluding diaryl/α,β-unsaturated/α-hetero) is 1. The second-order valence-corrected chi connectivity index (χ2v) is 6.84. The Morgan fingerprint density at radius 3 is 2.79 bits per heavy atom. The lowest BCUT2D eigenvalue weighted by molar-refractivity contribution is -0.111. The Kier molecular flexibility index (Phi) is 6.28.